The van der Waals surface area contributed by atoms with E-state index >= 15 is 0 Å². The number of aromatic hydroxyl groups is 1. The van der Waals surface area contributed by atoms with Crippen LogP contribution in [-0.2, 0) is 11.2 Å². The second kappa shape index (κ2) is 6.05. The highest BCUT2D eigenvalue weighted by Gasteiger charge is 2.04. The molecule has 3 heteroatoms. The summed E-state index contributed by atoms with van der Waals surface area (Å²) in [5.41, 5.74) is 3.11. The average molecular weight is 255 g/mol. The fourth-order valence-corrected chi connectivity index (χ4v) is 1.91. The molecule has 0 saturated heterocycles. The smallest absolute Gasteiger partial charge is 0.224 e. The van der Waals surface area contributed by atoms with Gasteiger partial charge in [0.25, 0.3) is 0 Å². The first-order valence-corrected chi connectivity index (χ1v) is 6.28. The first kappa shape index (κ1) is 13.1. The van der Waals surface area contributed by atoms with E-state index in [1.54, 1.807) is 24.3 Å². The Balaban J connectivity index is 1.88. The van der Waals surface area contributed by atoms with Crippen molar-refractivity contribution in [3.63, 3.8) is 0 Å². The van der Waals surface area contributed by atoms with Gasteiger partial charge in [-0.25, -0.2) is 0 Å². The van der Waals surface area contributed by atoms with Gasteiger partial charge in [-0.05, 0) is 48.7 Å². The van der Waals surface area contributed by atoms with Crippen molar-refractivity contribution in [3.8, 4) is 5.75 Å². The first-order valence-electron chi connectivity index (χ1n) is 6.28. The molecular formula is C16H17NO2. The molecule has 2 N–H and O–H groups in total. The SMILES string of the molecule is Cc1ccccc1CCC(=O)Nc1ccc(O)cc1. The zero-order valence-electron chi connectivity index (χ0n) is 10.9. The fourth-order valence-electron chi connectivity index (χ4n) is 1.91. The molecule has 0 aliphatic carbocycles. The number of carbonyl (C=O) groups excluding carboxylic acids is 1. The van der Waals surface area contributed by atoms with E-state index in [-0.39, 0.29) is 11.7 Å². The fraction of sp³-hybridized carbons (Fsp3) is 0.188. The maximum Gasteiger partial charge on any atom is 0.224 e. The van der Waals surface area contributed by atoms with Crippen molar-refractivity contribution in [3.05, 3.63) is 59.7 Å². The van der Waals surface area contributed by atoms with Crippen LogP contribution >= 0.6 is 0 Å². The van der Waals surface area contributed by atoms with Crippen molar-refractivity contribution in [1.82, 2.24) is 0 Å². The molecule has 2 rings (SSSR count). The van der Waals surface area contributed by atoms with Crippen LogP contribution in [0.2, 0.25) is 0 Å². The number of nitrogens with one attached hydrogen (secondary N) is 1. The van der Waals surface area contributed by atoms with Crippen LogP contribution in [0.3, 0.4) is 0 Å². The van der Waals surface area contributed by atoms with Crippen LogP contribution in [-0.4, -0.2) is 11.0 Å². The molecule has 0 bridgehead atoms. The molecule has 1 amide bonds. The van der Waals surface area contributed by atoms with Crippen LogP contribution in [0.15, 0.2) is 48.5 Å². The van der Waals surface area contributed by atoms with Gasteiger partial charge in [-0.15, -0.1) is 0 Å². The summed E-state index contributed by atoms with van der Waals surface area (Å²) >= 11 is 0. The minimum Gasteiger partial charge on any atom is -0.508 e. The minimum absolute atomic E-state index is 0.0195. The van der Waals surface area contributed by atoms with E-state index in [1.165, 1.54) is 11.1 Å². The van der Waals surface area contributed by atoms with E-state index in [2.05, 4.69) is 5.32 Å². The predicted molar refractivity (Wildman–Crippen MR) is 76.2 cm³/mol. The number of hydrogen-bond donors (Lipinski definition) is 2. The number of anilines is 1. The van der Waals surface area contributed by atoms with E-state index in [9.17, 15) is 4.79 Å². The van der Waals surface area contributed by atoms with E-state index in [0.29, 0.717) is 12.1 Å². The highest BCUT2D eigenvalue weighted by Crippen LogP contribution is 2.15. The first-order chi connectivity index (χ1) is 9.15. The zero-order chi connectivity index (χ0) is 13.7. The molecule has 0 unspecified atom stereocenters. The molecule has 0 radical (unpaired) electrons. The molecule has 0 spiro atoms. The number of rotatable bonds is 4. The van der Waals surface area contributed by atoms with Crippen molar-refractivity contribution in [2.75, 3.05) is 5.32 Å². The van der Waals surface area contributed by atoms with Crippen molar-refractivity contribution >= 4 is 11.6 Å². The molecule has 0 heterocycles. The molecule has 3 nitrogen and oxygen atoms in total. The van der Waals surface area contributed by atoms with Gasteiger partial charge < -0.3 is 10.4 Å². The molecule has 0 aromatic heterocycles. The highest BCUT2D eigenvalue weighted by molar-refractivity contribution is 5.90. The summed E-state index contributed by atoms with van der Waals surface area (Å²) < 4.78 is 0. The van der Waals surface area contributed by atoms with Crippen LogP contribution in [0.4, 0.5) is 5.69 Å². The van der Waals surface area contributed by atoms with Gasteiger partial charge in [0, 0.05) is 12.1 Å². The van der Waals surface area contributed by atoms with E-state index < -0.39 is 0 Å². The second-order valence-electron chi connectivity index (χ2n) is 4.52. The molecule has 0 saturated carbocycles. The molecule has 0 aliphatic heterocycles. The van der Waals surface area contributed by atoms with Gasteiger partial charge in [-0.1, -0.05) is 24.3 Å². The molecule has 0 fully saturated rings. The van der Waals surface area contributed by atoms with Gasteiger partial charge in [-0.2, -0.15) is 0 Å². The van der Waals surface area contributed by atoms with Crippen molar-refractivity contribution in [2.45, 2.75) is 19.8 Å². The van der Waals surface area contributed by atoms with Gasteiger partial charge in [0.05, 0.1) is 0 Å². The van der Waals surface area contributed by atoms with Gasteiger partial charge in [-0.3, -0.25) is 4.79 Å². The van der Waals surface area contributed by atoms with Crippen LogP contribution in [0.25, 0.3) is 0 Å². The van der Waals surface area contributed by atoms with Crippen molar-refractivity contribution < 1.29 is 9.90 Å². The minimum atomic E-state index is -0.0195. The molecule has 2 aromatic rings. The van der Waals surface area contributed by atoms with Crippen LogP contribution in [0.5, 0.6) is 5.75 Å². The lowest BCUT2D eigenvalue weighted by Crippen LogP contribution is -2.12. The van der Waals surface area contributed by atoms with Gasteiger partial charge in [0.2, 0.25) is 5.91 Å². The van der Waals surface area contributed by atoms with E-state index in [4.69, 9.17) is 5.11 Å². The Morgan fingerprint density at radius 2 is 1.79 bits per heavy atom. The lowest BCUT2D eigenvalue weighted by Gasteiger charge is -2.07. The maximum absolute atomic E-state index is 11.8. The summed E-state index contributed by atoms with van der Waals surface area (Å²) in [4.78, 5) is 11.8. The van der Waals surface area contributed by atoms with Crippen LogP contribution in [0, 0.1) is 6.92 Å². The largest absolute Gasteiger partial charge is 0.508 e. The Morgan fingerprint density at radius 3 is 2.47 bits per heavy atom. The number of carbonyl (C=O) groups is 1. The molecule has 2 aromatic carbocycles. The maximum atomic E-state index is 11.8. The zero-order valence-corrected chi connectivity index (χ0v) is 10.9. The summed E-state index contributed by atoms with van der Waals surface area (Å²) in [6.07, 6.45) is 1.18. The topological polar surface area (TPSA) is 49.3 Å². The third-order valence-electron chi connectivity index (χ3n) is 3.03. The van der Waals surface area contributed by atoms with Crippen molar-refractivity contribution in [1.29, 1.82) is 0 Å². The lowest BCUT2D eigenvalue weighted by atomic mass is 10.0. The number of phenols is 1. The lowest BCUT2D eigenvalue weighted by molar-refractivity contribution is -0.116. The summed E-state index contributed by atoms with van der Waals surface area (Å²) in [6.45, 7) is 2.05. The molecule has 19 heavy (non-hydrogen) atoms. The highest BCUT2D eigenvalue weighted by atomic mass is 16.3. The summed E-state index contributed by atoms with van der Waals surface area (Å²) in [5.74, 6) is 0.173. The molecule has 98 valence electrons. The Kier molecular flexibility index (Phi) is 4.18. The van der Waals surface area contributed by atoms with E-state index in [0.717, 1.165) is 6.42 Å². The van der Waals surface area contributed by atoms with Gasteiger partial charge >= 0.3 is 0 Å². The normalized spacial score (nSPS) is 10.2. The van der Waals surface area contributed by atoms with Crippen molar-refractivity contribution in [2.24, 2.45) is 0 Å². The van der Waals surface area contributed by atoms with Gasteiger partial charge in [0.15, 0.2) is 0 Å². The Labute approximate surface area is 112 Å². The molecule has 0 aliphatic rings. The Bertz CT molecular complexity index is 561. The summed E-state index contributed by atoms with van der Waals surface area (Å²) in [5, 5.41) is 12.0. The Morgan fingerprint density at radius 1 is 1.11 bits per heavy atom. The van der Waals surface area contributed by atoms with Crippen LogP contribution < -0.4 is 5.32 Å². The second-order valence-corrected chi connectivity index (χ2v) is 4.52. The number of hydrogen-bond acceptors (Lipinski definition) is 2. The van der Waals surface area contributed by atoms with E-state index in [1.807, 2.05) is 31.2 Å². The number of phenolic OH excluding ortho intramolecular Hbond substituents is 1. The third kappa shape index (κ3) is 3.85. The number of benzene rings is 2. The average Bonchev–Trinajstić information content (AvgIpc) is 2.40. The Hall–Kier alpha value is -2.29. The monoisotopic (exact) mass is 255 g/mol. The third-order valence-corrected chi connectivity index (χ3v) is 3.03. The number of amides is 1. The summed E-state index contributed by atoms with van der Waals surface area (Å²) in [6, 6.07) is 14.5. The predicted octanol–water partition coefficient (Wildman–Crippen LogP) is 3.27. The molecular weight excluding hydrogens is 238 g/mol. The van der Waals surface area contributed by atoms with Gasteiger partial charge in [0.1, 0.15) is 5.75 Å². The molecule has 0 atom stereocenters. The van der Waals surface area contributed by atoms with Crippen LogP contribution in [0.1, 0.15) is 17.5 Å². The standard InChI is InChI=1S/C16H17NO2/c1-12-4-2-3-5-13(12)6-11-16(19)17-14-7-9-15(18)10-8-14/h2-5,7-10,18H,6,11H2,1H3,(H,17,19). The summed E-state index contributed by atoms with van der Waals surface area (Å²) in [7, 11) is 0. The quantitative estimate of drug-likeness (QED) is 0.824. The number of aryl methyl sites for hydroxylation is 2.